The largest absolute Gasteiger partial charge is 0.389 e. The summed E-state index contributed by atoms with van der Waals surface area (Å²) in [6, 6.07) is 4.89. The minimum absolute atomic E-state index is 0.0998. The number of nitrogens with two attached hydrogens (primary N) is 1. The summed E-state index contributed by atoms with van der Waals surface area (Å²) >= 11 is 8.15. The predicted molar refractivity (Wildman–Crippen MR) is 84.2 cm³/mol. The molecule has 2 aromatic rings. The Morgan fingerprint density at radius 1 is 1.50 bits per heavy atom. The lowest BCUT2D eigenvalue weighted by Gasteiger charge is -2.10. The van der Waals surface area contributed by atoms with Crippen molar-refractivity contribution < 1.29 is 8.42 Å². The summed E-state index contributed by atoms with van der Waals surface area (Å²) in [5, 5.41) is 6.28. The molecule has 1 aromatic carbocycles. The number of aryl methyl sites for hydroxylation is 1. The van der Waals surface area contributed by atoms with Gasteiger partial charge in [-0.1, -0.05) is 12.2 Å². The molecule has 1 aromatic heterocycles. The van der Waals surface area contributed by atoms with Crippen LogP contribution in [0.2, 0.25) is 0 Å². The molecule has 9 heteroatoms. The van der Waals surface area contributed by atoms with E-state index in [0.717, 1.165) is 0 Å². The first-order valence-electron chi connectivity index (χ1n) is 5.43. The normalized spacial score (nSPS) is 11.3. The number of thiocarbonyl (C=S) groups is 1. The van der Waals surface area contributed by atoms with Gasteiger partial charge < -0.3 is 5.73 Å². The van der Waals surface area contributed by atoms with E-state index in [4.69, 9.17) is 18.0 Å². The van der Waals surface area contributed by atoms with Gasteiger partial charge >= 0.3 is 0 Å². The molecule has 2 rings (SSSR count). The number of hydrogen-bond acceptors (Lipinski definition) is 4. The fourth-order valence-corrected chi connectivity index (χ4v) is 3.52. The maximum absolute atomic E-state index is 12.2. The molecule has 6 nitrogen and oxygen atoms in total. The van der Waals surface area contributed by atoms with Crippen LogP contribution in [0.1, 0.15) is 11.3 Å². The van der Waals surface area contributed by atoms with Crippen LogP contribution in [0.5, 0.6) is 0 Å². The predicted octanol–water partition coefficient (Wildman–Crippen LogP) is 1.92. The smallest absolute Gasteiger partial charge is 0.265 e. The average molecular weight is 375 g/mol. The Morgan fingerprint density at radius 3 is 2.70 bits per heavy atom. The first-order valence-corrected chi connectivity index (χ1v) is 8.12. The number of nitrogens with zero attached hydrogens (tertiary/aromatic N) is 1. The molecule has 0 bridgehead atoms. The van der Waals surface area contributed by atoms with E-state index in [1.807, 2.05) is 0 Å². The Bertz CT molecular complexity index is 770. The van der Waals surface area contributed by atoms with Crippen molar-refractivity contribution in [3.63, 3.8) is 0 Å². The van der Waals surface area contributed by atoms with Crippen LogP contribution in [0.4, 0.5) is 5.69 Å². The number of sulfonamides is 1. The maximum atomic E-state index is 12.2. The van der Waals surface area contributed by atoms with Gasteiger partial charge in [-0.25, -0.2) is 8.42 Å². The van der Waals surface area contributed by atoms with E-state index < -0.39 is 10.0 Å². The molecular formula is C11H11BrN4O2S2. The topological polar surface area (TPSA) is 101 Å². The molecule has 0 saturated carbocycles. The minimum Gasteiger partial charge on any atom is -0.389 e. The molecule has 0 saturated heterocycles. The number of rotatable bonds is 4. The zero-order valence-electron chi connectivity index (χ0n) is 10.3. The van der Waals surface area contributed by atoms with Gasteiger partial charge in [-0.2, -0.15) is 5.10 Å². The second kappa shape index (κ2) is 5.51. The number of aromatic nitrogens is 2. The third-order valence-electron chi connectivity index (χ3n) is 2.57. The van der Waals surface area contributed by atoms with Crippen LogP contribution in [0.15, 0.2) is 33.8 Å². The summed E-state index contributed by atoms with van der Waals surface area (Å²) in [6.07, 6.45) is 1.26. The Morgan fingerprint density at radius 2 is 2.20 bits per heavy atom. The zero-order valence-corrected chi connectivity index (χ0v) is 13.6. The van der Waals surface area contributed by atoms with Gasteiger partial charge in [0.2, 0.25) is 0 Å². The first-order chi connectivity index (χ1) is 9.31. The van der Waals surface area contributed by atoms with Gasteiger partial charge in [0.05, 0.1) is 17.6 Å². The number of H-pyrrole nitrogens is 1. The minimum atomic E-state index is -3.69. The van der Waals surface area contributed by atoms with Crippen molar-refractivity contribution in [3.05, 3.63) is 40.1 Å². The highest BCUT2D eigenvalue weighted by atomic mass is 79.9. The second-order valence-corrected chi connectivity index (χ2v) is 6.97. The molecular weight excluding hydrogens is 364 g/mol. The van der Waals surface area contributed by atoms with Gasteiger partial charge in [0, 0.05) is 10.0 Å². The molecule has 20 heavy (non-hydrogen) atoms. The van der Waals surface area contributed by atoms with Gasteiger partial charge in [-0.05, 0) is 41.1 Å². The first kappa shape index (κ1) is 14.9. The Labute approximate surface area is 129 Å². The zero-order chi connectivity index (χ0) is 14.9. The van der Waals surface area contributed by atoms with Gasteiger partial charge in [0.25, 0.3) is 10.0 Å². The lowest BCUT2D eigenvalue weighted by Crippen LogP contribution is -2.14. The molecule has 1 heterocycles. The fraction of sp³-hybridized carbons (Fsp3) is 0.0909. The molecule has 0 spiro atoms. The van der Waals surface area contributed by atoms with Gasteiger partial charge in [-0.3, -0.25) is 9.82 Å². The number of benzene rings is 1. The van der Waals surface area contributed by atoms with Gasteiger partial charge in [-0.15, -0.1) is 0 Å². The van der Waals surface area contributed by atoms with E-state index >= 15 is 0 Å². The van der Waals surface area contributed by atoms with E-state index in [0.29, 0.717) is 21.4 Å². The summed E-state index contributed by atoms with van der Waals surface area (Å²) < 4.78 is 27.5. The van der Waals surface area contributed by atoms with Crippen LogP contribution < -0.4 is 10.5 Å². The van der Waals surface area contributed by atoms with Gasteiger partial charge in [0.1, 0.15) is 9.88 Å². The molecule has 0 fully saturated rings. The van der Waals surface area contributed by atoms with E-state index in [2.05, 4.69) is 30.8 Å². The Hall–Kier alpha value is -1.45. The van der Waals surface area contributed by atoms with E-state index in [1.54, 1.807) is 25.1 Å². The highest BCUT2D eigenvalue weighted by Crippen LogP contribution is 2.26. The molecule has 0 unspecified atom stereocenters. The van der Waals surface area contributed by atoms with E-state index in [-0.39, 0.29) is 9.88 Å². The molecule has 0 atom stereocenters. The third kappa shape index (κ3) is 3.00. The number of hydrogen-bond donors (Lipinski definition) is 3. The van der Waals surface area contributed by atoms with Gasteiger partial charge in [0.15, 0.2) is 0 Å². The third-order valence-corrected chi connectivity index (χ3v) is 4.94. The lowest BCUT2D eigenvalue weighted by atomic mass is 10.2. The molecule has 0 aliphatic carbocycles. The number of nitrogens with one attached hydrogen (secondary N) is 2. The standard InChI is InChI=1S/C11H11BrN4O2S2/c1-6-10(5-14-15-6)20(17,18)16-9-3-2-7(11(13)19)4-8(9)12/h2-5,16H,1H3,(H2,13,19)(H,14,15). The maximum Gasteiger partial charge on any atom is 0.265 e. The van der Waals surface area contributed by atoms with Crippen LogP contribution >= 0.6 is 28.1 Å². The van der Waals surface area contributed by atoms with Crippen molar-refractivity contribution in [2.75, 3.05) is 4.72 Å². The number of aromatic amines is 1. The SMILES string of the molecule is Cc1[nH]ncc1S(=O)(=O)Nc1ccc(C(N)=S)cc1Br. The molecule has 0 amide bonds. The second-order valence-electron chi connectivity index (χ2n) is 4.02. The van der Waals surface area contributed by atoms with Crippen LogP contribution in [-0.2, 0) is 10.0 Å². The summed E-state index contributed by atoms with van der Waals surface area (Å²) in [5.74, 6) is 0. The Kier molecular flexibility index (Phi) is 4.11. The van der Waals surface area contributed by atoms with Crippen molar-refractivity contribution >= 4 is 48.8 Å². The summed E-state index contributed by atoms with van der Waals surface area (Å²) in [5.41, 5.74) is 7.02. The van der Waals surface area contributed by atoms with E-state index in [9.17, 15) is 8.42 Å². The molecule has 0 radical (unpaired) electrons. The van der Waals surface area contributed by atoms with Crippen molar-refractivity contribution in [2.45, 2.75) is 11.8 Å². The van der Waals surface area contributed by atoms with Crippen molar-refractivity contribution in [1.29, 1.82) is 0 Å². The highest BCUT2D eigenvalue weighted by Gasteiger charge is 2.19. The highest BCUT2D eigenvalue weighted by molar-refractivity contribution is 9.10. The molecule has 0 aliphatic heterocycles. The van der Waals surface area contributed by atoms with E-state index in [1.165, 1.54) is 6.20 Å². The van der Waals surface area contributed by atoms with Crippen molar-refractivity contribution in [2.24, 2.45) is 5.73 Å². The lowest BCUT2D eigenvalue weighted by molar-refractivity contribution is 0.600. The van der Waals surface area contributed by atoms with Crippen LogP contribution in [0.25, 0.3) is 0 Å². The summed E-state index contributed by atoms with van der Waals surface area (Å²) in [4.78, 5) is 0.341. The average Bonchev–Trinajstić information content (AvgIpc) is 2.78. The summed E-state index contributed by atoms with van der Waals surface area (Å²) in [7, 11) is -3.69. The van der Waals surface area contributed by atoms with Crippen LogP contribution in [0.3, 0.4) is 0 Å². The van der Waals surface area contributed by atoms with Crippen LogP contribution in [0, 0.1) is 6.92 Å². The molecule has 0 aliphatic rings. The summed E-state index contributed by atoms with van der Waals surface area (Å²) in [6.45, 7) is 1.63. The number of halogens is 1. The molecule has 106 valence electrons. The molecule has 4 N–H and O–H groups in total. The van der Waals surface area contributed by atoms with Crippen molar-refractivity contribution in [1.82, 2.24) is 10.2 Å². The van der Waals surface area contributed by atoms with Crippen LogP contribution in [-0.4, -0.2) is 23.6 Å². The fourth-order valence-electron chi connectivity index (χ4n) is 1.56. The Balaban J connectivity index is 2.36. The quantitative estimate of drug-likeness (QED) is 0.709. The monoisotopic (exact) mass is 374 g/mol. The van der Waals surface area contributed by atoms with Crippen molar-refractivity contribution in [3.8, 4) is 0 Å². The number of anilines is 1.